The fourth-order valence-electron chi connectivity index (χ4n) is 3.49. The molecule has 0 spiro atoms. The summed E-state index contributed by atoms with van der Waals surface area (Å²) in [6.45, 7) is 4.74. The van der Waals surface area contributed by atoms with Crippen LogP contribution in [0.2, 0.25) is 5.02 Å². The Hall–Kier alpha value is -2.86. The van der Waals surface area contributed by atoms with Crippen molar-refractivity contribution in [1.29, 1.82) is 0 Å². The Labute approximate surface area is 162 Å². The Balaban J connectivity index is 1.96. The van der Waals surface area contributed by atoms with Crippen LogP contribution in [0.1, 0.15) is 34.8 Å². The number of aromatic nitrogens is 3. The largest absolute Gasteiger partial charge is 0.465 e. The average molecular weight is 383 g/mol. The van der Waals surface area contributed by atoms with E-state index in [-0.39, 0.29) is 11.9 Å². The molecule has 1 unspecified atom stereocenters. The van der Waals surface area contributed by atoms with Crippen molar-refractivity contribution in [2.24, 2.45) is 0 Å². The summed E-state index contributed by atoms with van der Waals surface area (Å²) in [5.41, 5.74) is 3.32. The van der Waals surface area contributed by atoms with E-state index in [9.17, 15) is 4.79 Å². The van der Waals surface area contributed by atoms with Crippen LogP contribution in [-0.2, 0) is 4.74 Å². The van der Waals surface area contributed by atoms with Crippen molar-refractivity contribution in [3.05, 3.63) is 64.7 Å². The zero-order valence-electron chi connectivity index (χ0n) is 15.3. The lowest BCUT2D eigenvalue weighted by atomic mass is 10.1. The Morgan fingerprint density at radius 2 is 1.89 bits per heavy atom. The third-order valence-electron chi connectivity index (χ3n) is 4.81. The predicted octanol–water partition coefficient (Wildman–Crippen LogP) is 4.27. The molecular weight excluding hydrogens is 364 g/mol. The van der Waals surface area contributed by atoms with Gasteiger partial charge >= 0.3 is 5.97 Å². The van der Waals surface area contributed by atoms with Crippen LogP contribution in [0.4, 0.5) is 11.4 Å². The number of benzene rings is 2. The molecule has 2 heterocycles. The minimum absolute atomic E-state index is 0.135. The second kappa shape index (κ2) is 6.70. The van der Waals surface area contributed by atoms with E-state index in [0.29, 0.717) is 17.1 Å². The fraction of sp³-hybridized carbons (Fsp3) is 0.250. The van der Waals surface area contributed by atoms with Gasteiger partial charge in [-0.1, -0.05) is 18.5 Å². The third kappa shape index (κ3) is 2.96. The van der Waals surface area contributed by atoms with E-state index in [0.717, 1.165) is 28.7 Å². The molecule has 1 atom stereocenters. The van der Waals surface area contributed by atoms with E-state index in [4.69, 9.17) is 16.3 Å². The first kappa shape index (κ1) is 17.5. The Bertz CT molecular complexity index is 1010. The quantitative estimate of drug-likeness (QED) is 0.619. The maximum absolute atomic E-state index is 12.1. The molecule has 0 aliphatic carbocycles. The number of carbonyl (C=O) groups is 1. The molecule has 0 amide bonds. The van der Waals surface area contributed by atoms with Gasteiger partial charge in [0.05, 0.1) is 24.0 Å². The number of methoxy groups -OCH3 is 1. The second-order valence-electron chi connectivity index (χ2n) is 6.62. The summed E-state index contributed by atoms with van der Waals surface area (Å²) < 4.78 is 6.96. The molecule has 1 aliphatic heterocycles. The van der Waals surface area contributed by atoms with Crippen LogP contribution in [-0.4, -0.2) is 34.4 Å². The van der Waals surface area contributed by atoms with Crippen LogP contribution < -0.4 is 4.90 Å². The number of ether oxygens (including phenoxy) is 1. The first-order chi connectivity index (χ1) is 13.0. The lowest BCUT2D eigenvalue weighted by molar-refractivity contribution is 0.0601. The lowest BCUT2D eigenvalue weighted by Gasteiger charge is -2.27. The van der Waals surface area contributed by atoms with Gasteiger partial charge in [-0.25, -0.2) is 4.79 Å². The number of carbonyl (C=O) groups excluding carboxylic acids is 1. The third-order valence-corrected chi connectivity index (χ3v) is 5.07. The van der Waals surface area contributed by atoms with Crippen molar-refractivity contribution in [3.8, 4) is 5.69 Å². The van der Waals surface area contributed by atoms with Crippen LogP contribution in [0.5, 0.6) is 0 Å². The van der Waals surface area contributed by atoms with E-state index < -0.39 is 0 Å². The van der Waals surface area contributed by atoms with Gasteiger partial charge in [0.15, 0.2) is 0 Å². The minimum Gasteiger partial charge on any atom is -0.465 e. The van der Waals surface area contributed by atoms with Crippen molar-refractivity contribution >= 4 is 28.9 Å². The Morgan fingerprint density at radius 1 is 1.15 bits per heavy atom. The van der Waals surface area contributed by atoms with E-state index in [2.05, 4.69) is 26.6 Å². The van der Waals surface area contributed by atoms with E-state index in [1.54, 1.807) is 6.07 Å². The smallest absolute Gasteiger partial charge is 0.337 e. The lowest BCUT2D eigenvalue weighted by Crippen LogP contribution is -2.22. The number of esters is 1. The van der Waals surface area contributed by atoms with Gasteiger partial charge in [0.2, 0.25) is 0 Å². The van der Waals surface area contributed by atoms with Crippen molar-refractivity contribution in [1.82, 2.24) is 14.8 Å². The number of halogens is 1. The first-order valence-electron chi connectivity index (χ1n) is 8.67. The molecule has 27 heavy (non-hydrogen) atoms. The monoisotopic (exact) mass is 382 g/mol. The summed E-state index contributed by atoms with van der Waals surface area (Å²) in [7, 11) is 1.38. The minimum atomic E-state index is -0.369. The molecular formula is C20H19ClN4O2. The normalized spacial score (nSPS) is 15.7. The SMILES string of the molecule is COC(=O)c1ccc2c(c1)N(c1ccc(Cl)cc1)CC(C)c1nnc(C)n1-2. The summed E-state index contributed by atoms with van der Waals surface area (Å²) in [4.78, 5) is 14.3. The van der Waals surface area contributed by atoms with Crippen LogP contribution in [0.15, 0.2) is 42.5 Å². The number of hydrogen-bond donors (Lipinski definition) is 0. The zero-order valence-corrected chi connectivity index (χ0v) is 16.1. The number of nitrogens with zero attached hydrogens (tertiary/aromatic N) is 4. The molecule has 4 rings (SSSR count). The standard InChI is InChI=1S/C20H19ClN4O2/c1-12-11-24(16-7-5-15(21)6-8-16)18-10-14(20(26)27-3)4-9-17(18)25-13(2)22-23-19(12)25/h4-10,12H,11H2,1-3H3. The van der Waals surface area contributed by atoms with E-state index >= 15 is 0 Å². The highest BCUT2D eigenvalue weighted by atomic mass is 35.5. The summed E-state index contributed by atoms with van der Waals surface area (Å²) in [6.07, 6.45) is 0. The molecule has 0 saturated carbocycles. The highest BCUT2D eigenvalue weighted by molar-refractivity contribution is 6.30. The van der Waals surface area contributed by atoms with Crippen LogP contribution in [0, 0.1) is 6.92 Å². The highest BCUT2D eigenvalue weighted by Crippen LogP contribution is 2.39. The average Bonchev–Trinajstić information content (AvgIpc) is 3.01. The van der Waals surface area contributed by atoms with Gasteiger partial charge in [-0.3, -0.25) is 4.57 Å². The summed E-state index contributed by atoms with van der Waals surface area (Å²) in [5, 5.41) is 9.32. The molecule has 2 aromatic carbocycles. The van der Waals surface area contributed by atoms with Gasteiger partial charge in [-0.05, 0) is 49.4 Å². The first-order valence-corrected chi connectivity index (χ1v) is 9.05. The number of fused-ring (bicyclic) bond motifs is 3. The van der Waals surface area contributed by atoms with Gasteiger partial charge in [0.25, 0.3) is 0 Å². The number of rotatable bonds is 2. The number of hydrogen-bond acceptors (Lipinski definition) is 5. The fourth-order valence-corrected chi connectivity index (χ4v) is 3.61. The van der Waals surface area contributed by atoms with E-state index in [1.807, 2.05) is 43.3 Å². The summed E-state index contributed by atoms with van der Waals surface area (Å²) in [5.74, 6) is 1.47. The molecule has 0 N–H and O–H groups in total. The topological polar surface area (TPSA) is 60.2 Å². The van der Waals surface area contributed by atoms with Crippen LogP contribution in [0.25, 0.3) is 5.69 Å². The van der Waals surface area contributed by atoms with Crippen molar-refractivity contribution in [3.63, 3.8) is 0 Å². The predicted molar refractivity (Wildman–Crippen MR) is 104 cm³/mol. The molecule has 3 aromatic rings. The van der Waals surface area contributed by atoms with Crippen molar-refractivity contribution in [2.75, 3.05) is 18.6 Å². The molecule has 0 radical (unpaired) electrons. The van der Waals surface area contributed by atoms with Crippen LogP contribution >= 0.6 is 11.6 Å². The number of anilines is 2. The van der Waals surface area contributed by atoms with Gasteiger partial charge in [-0.15, -0.1) is 10.2 Å². The summed E-state index contributed by atoms with van der Waals surface area (Å²) in [6, 6.07) is 13.2. The molecule has 0 fully saturated rings. The van der Waals surface area contributed by atoms with Gasteiger partial charge in [0.1, 0.15) is 11.6 Å². The van der Waals surface area contributed by atoms with Crippen molar-refractivity contribution in [2.45, 2.75) is 19.8 Å². The molecule has 138 valence electrons. The maximum atomic E-state index is 12.1. The maximum Gasteiger partial charge on any atom is 0.337 e. The van der Waals surface area contributed by atoms with Crippen LogP contribution in [0.3, 0.4) is 0 Å². The zero-order chi connectivity index (χ0) is 19.1. The van der Waals surface area contributed by atoms with Gasteiger partial charge in [0, 0.05) is 23.2 Å². The Morgan fingerprint density at radius 3 is 2.59 bits per heavy atom. The molecule has 7 heteroatoms. The van der Waals surface area contributed by atoms with Crippen molar-refractivity contribution < 1.29 is 9.53 Å². The summed E-state index contributed by atoms with van der Waals surface area (Å²) >= 11 is 6.07. The van der Waals surface area contributed by atoms with Gasteiger partial charge in [-0.2, -0.15) is 0 Å². The number of aryl methyl sites for hydroxylation is 1. The van der Waals surface area contributed by atoms with Gasteiger partial charge < -0.3 is 9.64 Å². The molecule has 6 nitrogen and oxygen atoms in total. The van der Waals surface area contributed by atoms with E-state index in [1.165, 1.54) is 7.11 Å². The Kier molecular flexibility index (Phi) is 4.36. The highest BCUT2D eigenvalue weighted by Gasteiger charge is 2.29. The molecule has 0 saturated heterocycles. The molecule has 1 aliphatic rings. The molecule has 0 bridgehead atoms. The molecule has 1 aromatic heterocycles. The second-order valence-corrected chi connectivity index (χ2v) is 7.06.